The average Bonchev–Trinajstić information content (AvgIpc) is 2.64. The fraction of sp³-hybridized carbons (Fsp3) is 0.400. The van der Waals surface area contributed by atoms with Crippen LogP contribution in [0.2, 0.25) is 0 Å². The van der Waals surface area contributed by atoms with Gasteiger partial charge in [-0.25, -0.2) is 5.01 Å². The van der Waals surface area contributed by atoms with Crippen LogP contribution in [0, 0.1) is 6.92 Å². The SMILES string of the molecule is CC.CONN1CCc2cc(OC)ccc2C1c1ccc(C)cc1. The molecule has 4 nitrogen and oxygen atoms in total. The molecule has 1 atom stereocenters. The molecule has 0 aromatic heterocycles. The van der Waals surface area contributed by atoms with Crippen molar-refractivity contribution in [2.75, 3.05) is 20.8 Å². The number of hydrogen-bond acceptors (Lipinski definition) is 4. The molecule has 0 saturated heterocycles. The number of aryl methyl sites for hydroxylation is 1. The lowest BCUT2D eigenvalue weighted by molar-refractivity contribution is -0.0756. The zero-order chi connectivity index (χ0) is 17.5. The third kappa shape index (κ3) is 3.96. The largest absolute Gasteiger partial charge is 0.497 e. The monoisotopic (exact) mass is 328 g/mol. The number of hydrogen-bond donors (Lipinski definition) is 1. The Morgan fingerprint density at radius 1 is 1.04 bits per heavy atom. The van der Waals surface area contributed by atoms with E-state index in [9.17, 15) is 0 Å². The number of benzene rings is 2. The number of nitrogens with zero attached hydrogens (tertiary/aromatic N) is 1. The van der Waals surface area contributed by atoms with Crippen LogP contribution >= 0.6 is 0 Å². The molecular weight excluding hydrogens is 300 g/mol. The van der Waals surface area contributed by atoms with Crippen LogP contribution in [0.3, 0.4) is 0 Å². The van der Waals surface area contributed by atoms with Crippen LogP contribution in [0.5, 0.6) is 5.75 Å². The number of hydrazine groups is 1. The van der Waals surface area contributed by atoms with E-state index in [1.54, 1.807) is 14.2 Å². The highest BCUT2D eigenvalue weighted by Gasteiger charge is 2.29. The van der Waals surface area contributed by atoms with E-state index in [4.69, 9.17) is 9.57 Å². The first kappa shape index (κ1) is 18.5. The minimum atomic E-state index is 0.134. The highest BCUT2D eigenvalue weighted by molar-refractivity contribution is 5.43. The molecular formula is C20H28N2O2. The molecule has 24 heavy (non-hydrogen) atoms. The van der Waals surface area contributed by atoms with Gasteiger partial charge in [-0.15, -0.1) is 5.59 Å². The third-order valence-electron chi connectivity index (χ3n) is 4.18. The molecule has 0 amide bonds. The van der Waals surface area contributed by atoms with Gasteiger partial charge < -0.3 is 4.74 Å². The van der Waals surface area contributed by atoms with Gasteiger partial charge in [-0.3, -0.25) is 4.84 Å². The molecule has 1 aliphatic heterocycles. The van der Waals surface area contributed by atoms with Crippen molar-refractivity contribution in [1.82, 2.24) is 10.6 Å². The molecule has 2 aromatic rings. The van der Waals surface area contributed by atoms with E-state index in [-0.39, 0.29) is 6.04 Å². The van der Waals surface area contributed by atoms with E-state index in [1.807, 2.05) is 19.9 Å². The van der Waals surface area contributed by atoms with Gasteiger partial charge in [0.2, 0.25) is 0 Å². The molecule has 130 valence electrons. The van der Waals surface area contributed by atoms with E-state index in [0.29, 0.717) is 0 Å². The van der Waals surface area contributed by atoms with Crippen molar-refractivity contribution in [3.05, 3.63) is 64.7 Å². The minimum absolute atomic E-state index is 0.134. The van der Waals surface area contributed by atoms with Crippen LogP contribution in [0.1, 0.15) is 42.1 Å². The van der Waals surface area contributed by atoms with Gasteiger partial charge in [0.1, 0.15) is 5.75 Å². The summed E-state index contributed by atoms with van der Waals surface area (Å²) in [6.45, 7) is 6.99. The molecule has 2 aromatic carbocycles. The first-order valence-corrected chi connectivity index (χ1v) is 8.51. The van der Waals surface area contributed by atoms with E-state index in [0.717, 1.165) is 18.7 Å². The number of methoxy groups -OCH3 is 1. The topological polar surface area (TPSA) is 33.7 Å². The number of ether oxygens (including phenoxy) is 1. The second-order valence-electron chi connectivity index (χ2n) is 5.62. The highest BCUT2D eigenvalue weighted by atomic mass is 16.7. The first-order valence-electron chi connectivity index (χ1n) is 8.51. The van der Waals surface area contributed by atoms with Gasteiger partial charge in [0.15, 0.2) is 0 Å². The maximum Gasteiger partial charge on any atom is 0.119 e. The Hall–Kier alpha value is -1.88. The third-order valence-corrected chi connectivity index (χ3v) is 4.18. The van der Waals surface area contributed by atoms with E-state index in [2.05, 4.69) is 53.9 Å². The molecule has 0 fully saturated rings. The van der Waals surface area contributed by atoms with Crippen molar-refractivity contribution in [2.24, 2.45) is 0 Å². The van der Waals surface area contributed by atoms with Gasteiger partial charge in [-0.1, -0.05) is 49.7 Å². The molecule has 4 heteroatoms. The quantitative estimate of drug-likeness (QED) is 0.859. The van der Waals surface area contributed by atoms with Crippen LogP contribution in [0.25, 0.3) is 0 Å². The number of rotatable bonds is 4. The molecule has 0 saturated carbocycles. The zero-order valence-electron chi connectivity index (χ0n) is 15.3. The summed E-state index contributed by atoms with van der Waals surface area (Å²) in [6, 6.07) is 15.1. The van der Waals surface area contributed by atoms with E-state index >= 15 is 0 Å². The summed E-state index contributed by atoms with van der Waals surface area (Å²) >= 11 is 0. The standard InChI is InChI=1S/C18H22N2O2.C2H6/c1-13-4-6-14(7-5-13)18-17-9-8-16(21-2)12-15(17)10-11-20(18)19-22-3;1-2/h4-9,12,18-19H,10-11H2,1-3H3;1-2H3. The minimum Gasteiger partial charge on any atom is -0.497 e. The first-order chi connectivity index (χ1) is 11.7. The van der Waals surface area contributed by atoms with Crippen LogP contribution in [0.4, 0.5) is 0 Å². The summed E-state index contributed by atoms with van der Waals surface area (Å²) in [5.74, 6) is 0.912. The second-order valence-corrected chi connectivity index (χ2v) is 5.62. The van der Waals surface area contributed by atoms with Gasteiger partial charge in [0, 0.05) is 6.54 Å². The molecule has 1 heterocycles. The van der Waals surface area contributed by atoms with Crippen molar-refractivity contribution in [2.45, 2.75) is 33.2 Å². The second kappa shape index (κ2) is 8.83. The van der Waals surface area contributed by atoms with Crippen LogP contribution in [-0.4, -0.2) is 25.8 Å². The summed E-state index contributed by atoms with van der Waals surface area (Å²) in [7, 11) is 3.36. The summed E-state index contributed by atoms with van der Waals surface area (Å²) in [5, 5.41) is 2.14. The summed E-state index contributed by atoms with van der Waals surface area (Å²) in [4.78, 5) is 5.17. The Balaban J connectivity index is 0.00000100. The van der Waals surface area contributed by atoms with Crippen molar-refractivity contribution < 1.29 is 9.57 Å². The van der Waals surface area contributed by atoms with Crippen molar-refractivity contribution in [3.63, 3.8) is 0 Å². The maximum atomic E-state index is 5.36. The Labute approximate surface area is 145 Å². The fourth-order valence-electron chi connectivity index (χ4n) is 3.05. The van der Waals surface area contributed by atoms with Gasteiger partial charge in [-0.05, 0) is 42.2 Å². The lowest BCUT2D eigenvalue weighted by Crippen LogP contribution is -2.45. The molecule has 3 rings (SSSR count). The highest BCUT2D eigenvalue weighted by Crippen LogP contribution is 2.35. The lowest BCUT2D eigenvalue weighted by Gasteiger charge is -2.37. The smallest absolute Gasteiger partial charge is 0.119 e. The molecule has 1 aliphatic rings. The van der Waals surface area contributed by atoms with E-state index in [1.165, 1.54) is 22.3 Å². The number of nitrogens with one attached hydrogen (secondary N) is 1. The van der Waals surface area contributed by atoms with Crippen molar-refractivity contribution in [1.29, 1.82) is 0 Å². The Morgan fingerprint density at radius 2 is 1.75 bits per heavy atom. The Bertz CT molecular complexity index is 641. The van der Waals surface area contributed by atoms with Gasteiger partial charge in [0.25, 0.3) is 0 Å². The lowest BCUT2D eigenvalue weighted by atomic mass is 9.89. The van der Waals surface area contributed by atoms with Gasteiger partial charge in [0.05, 0.1) is 20.3 Å². The van der Waals surface area contributed by atoms with Crippen molar-refractivity contribution in [3.8, 4) is 5.75 Å². The summed E-state index contributed by atoms with van der Waals surface area (Å²) < 4.78 is 5.36. The molecule has 0 radical (unpaired) electrons. The maximum absolute atomic E-state index is 5.36. The average molecular weight is 328 g/mol. The fourth-order valence-corrected chi connectivity index (χ4v) is 3.05. The van der Waals surface area contributed by atoms with Gasteiger partial charge in [-0.2, -0.15) is 0 Å². The molecule has 0 spiro atoms. The zero-order valence-corrected chi connectivity index (χ0v) is 15.3. The Morgan fingerprint density at radius 3 is 2.38 bits per heavy atom. The van der Waals surface area contributed by atoms with Gasteiger partial charge >= 0.3 is 0 Å². The normalized spacial score (nSPS) is 16.8. The molecule has 0 aliphatic carbocycles. The van der Waals surface area contributed by atoms with Crippen LogP contribution in [0.15, 0.2) is 42.5 Å². The molecule has 1 N–H and O–H groups in total. The Kier molecular flexibility index (Phi) is 6.79. The van der Waals surface area contributed by atoms with Crippen molar-refractivity contribution >= 4 is 0 Å². The molecule has 0 bridgehead atoms. The van der Waals surface area contributed by atoms with Crippen LogP contribution in [-0.2, 0) is 11.3 Å². The van der Waals surface area contributed by atoms with Crippen LogP contribution < -0.4 is 10.3 Å². The predicted molar refractivity (Wildman–Crippen MR) is 97.9 cm³/mol. The predicted octanol–water partition coefficient (Wildman–Crippen LogP) is 4.04. The summed E-state index contributed by atoms with van der Waals surface area (Å²) in [6.07, 6.45) is 0.964. The van der Waals surface area contributed by atoms with E-state index < -0.39 is 0 Å². The number of fused-ring (bicyclic) bond motifs is 1. The summed E-state index contributed by atoms with van der Waals surface area (Å²) in [5.41, 5.74) is 8.16. The molecule has 1 unspecified atom stereocenters.